The molecular weight excluding hydrogens is 428 g/mol. The van der Waals surface area contributed by atoms with Crippen LogP contribution in [0.2, 0.25) is 0 Å². The molecule has 8 heteroatoms. The lowest BCUT2D eigenvalue weighted by Gasteiger charge is -2.05. The van der Waals surface area contributed by atoms with E-state index in [1.165, 1.54) is 24.3 Å². The second-order valence-corrected chi connectivity index (χ2v) is 7.89. The Morgan fingerprint density at radius 1 is 1.06 bits per heavy atom. The van der Waals surface area contributed by atoms with Crippen LogP contribution in [0.5, 0.6) is 5.75 Å². The third-order valence-corrected chi connectivity index (χ3v) is 5.32. The highest BCUT2D eigenvalue weighted by atomic mass is 32.1. The predicted molar refractivity (Wildman–Crippen MR) is 121 cm³/mol. The lowest BCUT2D eigenvalue weighted by Crippen LogP contribution is -2.18. The van der Waals surface area contributed by atoms with Crippen molar-refractivity contribution in [1.29, 1.82) is 0 Å². The lowest BCUT2D eigenvalue weighted by molar-refractivity contribution is -0.136. The molecule has 0 saturated heterocycles. The molecule has 164 valence electrons. The molecule has 0 aliphatic rings. The number of benzene rings is 1. The van der Waals surface area contributed by atoms with Crippen LogP contribution in [0.4, 0.5) is 0 Å². The number of nitrogens with one attached hydrogen (secondary N) is 1. The average Bonchev–Trinajstić information content (AvgIpc) is 3.29. The number of Topliss-reactive ketones (excluding diaryl/α,β-unsaturated/α-hetero) is 1. The van der Waals surface area contributed by atoms with Gasteiger partial charge in [0.25, 0.3) is 0 Å². The molecule has 2 aromatic heterocycles. The number of carbonyl (C=O) groups excluding carboxylic acids is 3. The monoisotopic (exact) mass is 450 g/mol. The molecule has 0 aliphatic heterocycles. The molecule has 1 aromatic carbocycles. The van der Waals surface area contributed by atoms with Crippen LogP contribution >= 0.6 is 11.3 Å². The predicted octanol–water partition coefficient (Wildman–Crippen LogP) is 3.80. The molecule has 0 unspecified atom stereocenters. The molecule has 1 N–H and O–H groups in total. The van der Waals surface area contributed by atoms with Gasteiger partial charge in [0.15, 0.2) is 6.61 Å². The normalized spacial score (nSPS) is 10.7. The number of ether oxygens (including phenoxy) is 2. The van der Waals surface area contributed by atoms with Gasteiger partial charge in [-0.15, -0.1) is 11.3 Å². The third kappa shape index (κ3) is 7.48. The molecule has 0 aliphatic carbocycles. The molecule has 1 amide bonds. The zero-order valence-corrected chi connectivity index (χ0v) is 18.3. The topological polar surface area (TPSA) is 94.6 Å². The SMILES string of the molecule is CC(=O)NCc1ccc(C(=O)COC(=O)/C=C/c2ccc(OCc3ccccn3)cc2)s1. The van der Waals surface area contributed by atoms with Crippen molar-refractivity contribution in [2.24, 2.45) is 0 Å². The number of nitrogens with zero attached hydrogens (tertiary/aromatic N) is 1. The van der Waals surface area contributed by atoms with Gasteiger partial charge >= 0.3 is 5.97 Å². The Morgan fingerprint density at radius 2 is 1.88 bits per heavy atom. The van der Waals surface area contributed by atoms with Crippen molar-refractivity contribution >= 4 is 35.1 Å². The summed E-state index contributed by atoms with van der Waals surface area (Å²) >= 11 is 1.26. The minimum atomic E-state index is -0.608. The van der Waals surface area contributed by atoms with E-state index in [0.717, 1.165) is 16.1 Å². The number of rotatable bonds is 10. The molecule has 0 radical (unpaired) electrons. The van der Waals surface area contributed by atoms with Gasteiger partial charge in [-0.3, -0.25) is 14.6 Å². The Labute approximate surface area is 189 Å². The van der Waals surface area contributed by atoms with E-state index in [4.69, 9.17) is 9.47 Å². The molecular formula is C24H22N2O5S. The first-order chi connectivity index (χ1) is 15.5. The van der Waals surface area contributed by atoms with Crippen molar-refractivity contribution in [2.45, 2.75) is 20.1 Å². The van der Waals surface area contributed by atoms with Gasteiger partial charge in [-0.2, -0.15) is 0 Å². The fourth-order valence-corrected chi connectivity index (χ4v) is 3.44. The first-order valence-electron chi connectivity index (χ1n) is 9.83. The van der Waals surface area contributed by atoms with Gasteiger partial charge in [-0.25, -0.2) is 4.79 Å². The standard InChI is InChI=1S/C24H22N2O5S/c1-17(27)26-14-21-10-11-23(32-21)22(28)16-31-24(29)12-7-18-5-8-20(9-6-18)30-15-19-4-2-3-13-25-19/h2-13H,14-16H2,1H3,(H,26,27)/b12-7+. The van der Waals surface area contributed by atoms with Crippen LogP contribution in [-0.4, -0.2) is 29.3 Å². The Bertz CT molecular complexity index is 1090. The highest BCUT2D eigenvalue weighted by Gasteiger charge is 2.11. The van der Waals surface area contributed by atoms with Crippen LogP contribution in [0.3, 0.4) is 0 Å². The molecule has 3 aromatic rings. The van der Waals surface area contributed by atoms with Crippen LogP contribution in [0.1, 0.15) is 32.7 Å². The number of aromatic nitrogens is 1. The smallest absolute Gasteiger partial charge is 0.331 e. The molecule has 0 bridgehead atoms. The van der Waals surface area contributed by atoms with Gasteiger partial charge in [0.2, 0.25) is 11.7 Å². The summed E-state index contributed by atoms with van der Waals surface area (Å²) in [6.07, 6.45) is 4.59. The van der Waals surface area contributed by atoms with Gasteiger partial charge in [0.1, 0.15) is 12.4 Å². The van der Waals surface area contributed by atoms with E-state index in [9.17, 15) is 14.4 Å². The maximum Gasteiger partial charge on any atom is 0.331 e. The quantitative estimate of drug-likeness (QED) is 0.287. The molecule has 0 spiro atoms. The number of hydrogen-bond donors (Lipinski definition) is 1. The summed E-state index contributed by atoms with van der Waals surface area (Å²) in [7, 11) is 0. The molecule has 0 saturated carbocycles. The van der Waals surface area contributed by atoms with E-state index in [1.807, 2.05) is 30.3 Å². The minimum absolute atomic E-state index is 0.140. The van der Waals surface area contributed by atoms with E-state index in [-0.39, 0.29) is 18.3 Å². The van der Waals surface area contributed by atoms with Crippen LogP contribution < -0.4 is 10.1 Å². The van der Waals surface area contributed by atoms with Crippen molar-refractivity contribution in [3.8, 4) is 5.75 Å². The summed E-state index contributed by atoms with van der Waals surface area (Å²) in [6.45, 7) is 1.82. The van der Waals surface area contributed by atoms with Crippen LogP contribution in [-0.2, 0) is 27.5 Å². The molecule has 3 rings (SSSR count). The van der Waals surface area contributed by atoms with Crippen molar-refractivity contribution in [2.75, 3.05) is 6.61 Å². The summed E-state index contributed by atoms with van der Waals surface area (Å²) in [5, 5.41) is 2.67. The number of amides is 1. The van der Waals surface area contributed by atoms with E-state index in [0.29, 0.717) is 23.8 Å². The second-order valence-electron chi connectivity index (χ2n) is 6.72. The van der Waals surface area contributed by atoms with E-state index < -0.39 is 5.97 Å². The first-order valence-corrected chi connectivity index (χ1v) is 10.7. The Morgan fingerprint density at radius 3 is 2.59 bits per heavy atom. The Hall–Kier alpha value is -3.78. The summed E-state index contributed by atoms with van der Waals surface area (Å²) in [5.74, 6) is -0.350. The summed E-state index contributed by atoms with van der Waals surface area (Å²) in [4.78, 5) is 40.6. The maximum atomic E-state index is 12.2. The van der Waals surface area contributed by atoms with Crippen LogP contribution in [0, 0.1) is 0 Å². The first kappa shape index (κ1) is 22.9. The number of carbonyl (C=O) groups is 3. The summed E-state index contributed by atoms with van der Waals surface area (Å²) in [5.41, 5.74) is 1.62. The third-order valence-electron chi connectivity index (χ3n) is 4.20. The molecule has 2 heterocycles. The van der Waals surface area contributed by atoms with Gasteiger partial charge in [-0.05, 0) is 48.0 Å². The highest BCUT2D eigenvalue weighted by molar-refractivity contribution is 7.14. The zero-order chi connectivity index (χ0) is 22.8. The molecule has 32 heavy (non-hydrogen) atoms. The fraction of sp³-hybridized carbons (Fsp3) is 0.167. The van der Waals surface area contributed by atoms with Crippen molar-refractivity contribution in [3.63, 3.8) is 0 Å². The molecule has 0 fully saturated rings. The largest absolute Gasteiger partial charge is 0.487 e. The van der Waals surface area contributed by atoms with Gasteiger partial charge in [0.05, 0.1) is 17.1 Å². The lowest BCUT2D eigenvalue weighted by atomic mass is 10.2. The average molecular weight is 451 g/mol. The Balaban J connectivity index is 1.42. The van der Waals surface area contributed by atoms with E-state index in [1.54, 1.807) is 36.5 Å². The van der Waals surface area contributed by atoms with Crippen molar-refractivity contribution < 1.29 is 23.9 Å². The Kier molecular flexibility index (Phi) is 8.28. The number of ketones is 1. The van der Waals surface area contributed by atoms with Crippen molar-refractivity contribution in [1.82, 2.24) is 10.3 Å². The van der Waals surface area contributed by atoms with Crippen molar-refractivity contribution in [3.05, 3.63) is 87.9 Å². The van der Waals surface area contributed by atoms with Crippen LogP contribution in [0.25, 0.3) is 6.08 Å². The maximum absolute atomic E-state index is 12.2. The van der Waals surface area contributed by atoms with Gasteiger partial charge in [0, 0.05) is 24.1 Å². The molecule has 7 nitrogen and oxygen atoms in total. The van der Waals surface area contributed by atoms with E-state index in [2.05, 4.69) is 10.3 Å². The molecule has 0 atom stereocenters. The second kappa shape index (κ2) is 11.6. The number of esters is 1. The highest BCUT2D eigenvalue weighted by Crippen LogP contribution is 2.17. The zero-order valence-electron chi connectivity index (χ0n) is 17.4. The van der Waals surface area contributed by atoms with Gasteiger partial charge in [-0.1, -0.05) is 18.2 Å². The number of thiophene rings is 1. The summed E-state index contributed by atoms with van der Waals surface area (Å²) in [6, 6.07) is 16.3. The summed E-state index contributed by atoms with van der Waals surface area (Å²) < 4.78 is 10.7. The van der Waals surface area contributed by atoms with Crippen LogP contribution in [0.15, 0.2) is 66.9 Å². The fourth-order valence-electron chi connectivity index (χ4n) is 2.57. The number of hydrogen-bond acceptors (Lipinski definition) is 7. The number of pyridine rings is 1. The van der Waals surface area contributed by atoms with E-state index >= 15 is 0 Å². The minimum Gasteiger partial charge on any atom is -0.487 e. The van der Waals surface area contributed by atoms with Gasteiger partial charge < -0.3 is 14.8 Å².